The molecule has 0 saturated carbocycles. The number of aromatic nitrogens is 4. The molecule has 0 radical (unpaired) electrons. The van der Waals surface area contributed by atoms with E-state index in [1.165, 1.54) is 6.07 Å². The molecule has 25 heavy (non-hydrogen) atoms. The van der Waals surface area contributed by atoms with Crippen molar-refractivity contribution in [2.45, 2.75) is 13.0 Å². The third-order valence-electron chi connectivity index (χ3n) is 4.08. The molecule has 5 nitrogen and oxygen atoms in total. The fourth-order valence-corrected chi connectivity index (χ4v) is 2.83. The van der Waals surface area contributed by atoms with Crippen LogP contribution in [0.5, 0.6) is 0 Å². The van der Waals surface area contributed by atoms with Gasteiger partial charge in [-0.2, -0.15) is 10.2 Å². The zero-order valence-electron chi connectivity index (χ0n) is 13.3. The van der Waals surface area contributed by atoms with E-state index in [2.05, 4.69) is 15.3 Å². The van der Waals surface area contributed by atoms with E-state index in [0.29, 0.717) is 17.8 Å². The van der Waals surface area contributed by atoms with E-state index in [1.807, 2.05) is 24.3 Å². The normalized spacial score (nSPS) is 11.1. The lowest BCUT2D eigenvalue weighted by molar-refractivity contribution is 0.0989. The first kappa shape index (κ1) is 15.3. The Morgan fingerprint density at radius 3 is 2.80 bits per heavy atom. The summed E-state index contributed by atoms with van der Waals surface area (Å²) in [5, 5.41) is 12.0. The van der Waals surface area contributed by atoms with E-state index in [4.69, 9.17) is 0 Å². The van der Waals surface area contributed by atoms with Gasteiger partial charge in [0.2, 0.25) is 0 Å². The quantitative estimate of drug-likeness (QED) is 0.569. The van der Waals surface area contributed by atoms with Gasteiger partial charge in [0.15, 0.2) is 5.78 Å². The third kappa shape index (κ3) is 3.06. The number of Topliss-reactive ketones (excluding diaryl/α,β-unsaturated/α-hetero) is 1. The number of H-pyrrole nitrogens is 1. The van der Waals surface area contributed by atoms with E-state index in [0.717, 1.165) is 16.5 Å². The van der Waals surface area contributed by atoms with Crippen LogP contribution in [0.1, 0.15) is 21.6 Å². The summed E-state index contributed by atoms with van der Waals surface area (Å²) < 4.78 is 15.3. The van der Waals surface area contributed by atoms with Crippen LogP contribution in [0.3, 0.4) is 0 Å². The number of rotatable bonds is 5. The maximum atomic E-state index is 13.7. The summed E-state index contributed by atoms with van der Waals surface area (Å²) in [5.41, 5.74) is 2.59. The Hall–Kier alpha value is -3.28. The molecule has 0 bridgehead atoms. The van der Waals surface area contributed by atoms with Gasteiger partial charge in [0.05, 0.1) is 18.3 Å². The van der Waals surface area contributed by atoms with Crippen molar-refractivity contribution >= 4 is 16.7 Å². The van der Waals surface area contributed by atoms with Crippen molar-refractivity contribution < 1.29 is 9.18 Å². The molecule has 0 spiro atoms. The minimum absolute atomic E-state index is 0.0807. The van der Waals surface area contributed by atoms with Crippen molar-refractivity contribution in [3.05, 3.63) is 83.6 Å². The average molecular weight is 334 g/mol. The lowest BCUT2D eigenvalue weighted by atomic mass is 10.1. The number of aromatic amines is 1. The molecule has 1 N–H and O–H groups in total. The molecule has 0 saturated heterocycles. The molecule has 2 heterocycles. The number of nitrogens with one attached hydrogen (secondary N) is 1. The third-order valence-corrected chi connectivity index (χ3v) is 4.08. The fraction of sp³-hybridized carbons (Fsp3) is 0.105. The lowest BCUT2D eigenvalue weighted by Crippen LogP contribution is -2.05. The number of ketones is 1. The highest BCUT2D eigenvalue weighted by Crippen LogP contribution is 2.17. The number of hydrogen-bond acceptors (Lipinski definition) is 3. The van der Waals surface area contributed by atoms with Gasteiger partial charge in [0, 0.05) is 23.6 Å². The molecule has 0 aliphatic rings. The summed E-state index contributed by atoms with van der Waals surface area (Å²) in [6.07, 6.45) is 3.60. The zero-order chi connectivity index (χ0) is 17.2. The van der Waals surface area contributed by atoms with Crippen molar-refractivity contribution in [2.24, 2.45) is 0 Å². The summed E-state index contributed by atoms with van der Waals surface area (Å²) in [7, 11) is 0. The summed E-state index contributed by atoms with van der Waals surface area (Å²) in [4.78, 5) is 12.5. The van der Waals surface area contributed by atoms with Gasteiger partial charge in [-0.05, 0) is 17.7 Å². The molecular weight excluding hydrogens is 319 g/mol. The molecule has 0 amide bonds. The fourth-order valence-electron chi connectivity index (χ4n) is 2.83. The molecule has 0 atom stereocenters. The standard InChI is InChI=1S/C19H15FN4O/c20-16-7-3-1-5-14(16)12-24-11-13(10-21-24)9-18(25)19-15-6-2-4-8-17(15)22-23-19/h1-8,10-11H,9,12H2,(H,22,23). The molecule has 6 heteroatoms. The van der Waals surface area contributed by atoms with E-state index >= 15 is 0 Å². The minimum Gasteiger partial charge on any atom is -0.292 e. The highest BCUT2D eigenvalue weighted by Gasteiger charge is 2.15. The lowest BCUT2D eigenvalue weighted by Gasteiger charge is -2.02. The smallest absolute Gasteiger partial charge is 0.188 e. The van der Waals surface area contributed by atoms with Crippen molar-refractivity contribution in [3.63, 3.8) is 0 Å². The number of nitrogens with zero attached hydrogens (tertiary/aromatic N) is 3. The van der Waals surface area contributed by atoms with Crippen molar-refractivity contribution in [3.8, 4) is 0 Å². The average Bonchev–Trinajstić information content (AvgIpc) is 3.23. The summed E-state index contributed by atoms with van der Waals surface area (Å²) in [6.45, 7) is 0.326. The molecule has 0 fully saturated rings. The topological polar surface area (TPSA) is 63.6 Å². The first-order valence-corrected chi connectivity index (χ1v) is 7.92. The van der Waals surface area contributed by atoms with E-state index < -0.39 is 0 Å². The van der Waals surface area contributed by atoms with Gasteiger partial charge in [-0.15, -0.1) is 0 Å². The minimum atomic E-state index is -0.265. The van der Waals surface area contributed by atoms with Crippen LogP contribution in [0.2, 0.25) is 0 Å². The molecule has 124 valence electrons. The second-order valence-electron chi connectivity index (χ2n) is 5.86. The van der Waals surface area contributed by atoms with Crippen LogP contribution in [0.25, 0.3) is 10.9 Å². The van der Waals surface area contributed by atoms with Crippen molar-refractivity contribution in [1.82, 2.24) is 20.0 Å². The van der Waals surface area contributed by atoms with Gasteiger partial charge in [0.1, 0.15) is 11.5 Å². The van der Waals surface area contributed by atoms with E-state index in [1.54, 1.807) is 35.3 Å². The van der Waals surface area contributed by atoms with Gasteiger partial charge in [0.25, 0.3) is 0 Å². The Bertz CT molecular complexity index is 1050. The number of carbonyl (C=O) groups excluding carboxylic acids is 1. The van der Waals surface area contributed by atoms with Crippen LogP contribution in [0.4, 0.5) is 4.39 Å². The van der Waals surface area contributed by atoms with Crippen LogP contribution in [0, 0.1) is 5.82 Å². The van der Waals surface area contributed by atoms with Crippen molar-refractivity contribution in [2.75, 3.05) is 0 Å². The van der Waals surface area contributed by atoms with E-state index in [-0.39, 0.29) is 18.0 Å². The number of hydrogen-bond donors (Lipinski definition) is 1. The molecule has 0 unspecified atom stereocenters. The Morgan fingerprint density at radius 2 is 1.92 bits per heavy atom. The Morgan fingerprint density at radius 1 is 1.12 bits per heavy atom. The summed E-state index contributed by atoms with van der Waals surface area (Å²) >= 11 is 0. The Kier molecular flexibility index (Phi) is 3.85. The van der Waals surface area contributed by atoms with Gasteiger partial charge >= 0.3 is 0 Å². The van der Waals surface area contributed by atoms with Crippen molar-refractivity contribution in [1.29, 1.82) is 0 Å². The maximum Gasteiger partial charge on any atom is 0.188 e. The number of halogens is 1. The highest BCUT2D eigenvalue weighted by molar-refractivity contribution is 6.06. The number of benzene rings is 2. The molecular formula is C19H15FN4O. The SMILES string of the molecule is O=C(Cc1cnn(Cc2ccccc2F)c1)c1n[nH]c2ccccc12. The molecule has 2 aromatic heterocycles. The molecule has 0 aliphatic heterocycles. The van der Waals surface area contributed by atoms with Gasteiger partial charge in [-0.3, -0.25) is 14.6 Å². The van der Waals surface area contributed by atoms with Crippen LogP contribution < -0.4 is 0 Å². The van der Waals surface area contributed by atoms with Crippen LogP contribution in [-0.2, 0) is 13.0 Å². The zero-order valence-corrected chi connectivity index (χ0v) is 13.3. The molecule has 2 aromatic carbocycles. The van der Waals surface area contributed by atoms with Crippen LogP contribution in [0.15, 0.2) is 60.9 Å². The summed E-state index contributed by atoms with van der Waals surface area (Å²) in [5.74, 6) is -0.346. The maximum absolute atomic E-state index is 13.7. The number of fused-ring (bicyclic) bond motifs is 1. The molecule has 4 rings (SSSR count). The first-order chi connectivity index (χ1) is 12.2. The largest absolute Gasteiger partial charge is 0.292 e. The van der Waals surface area contributed by atoms with Crippen LogP contribution >= 0.6 is 0 Å². The van der Waals surface area contributed by atoms with Crippen LogP contribution in [-0.4, -0.2) is 25.8 Å². The first-order valence-electron chi connectivity index (χ1n) is 7.92. The second-order valence-corrected chi connectivity index (χ2v) is 5.86. The number of carbonyl (C=O) groups is 1. The monoisotopic (exact) mass is 334 g/mol. The van der Waals surface area contributed by atoms with Gasteiger partial charge in [-0.1, -0.05) is 36.4 Å². The predicted octanol–water partition coefficient (Wildman–Crippen LogP) is 3.37. The van der Waals surface area contributed by atoms with Gasteiger partial charge in [-0.25, -0.2) is 4.39 Å². The Balaban J connectivity index is 1.51. The molecule has 0 aliphatic carbocycles. The summed E-state index contributed by atoms with van der Waals surface area (Å²) in [6, 6.07) is 14.1. The number of para-hydroxylation sites is 1. The predicted molar refractivity (Wildman–Crippen MR) is 91.9 cm³/mol. The molecule has 4 aromatic rings. The highest BCUT2D eigenvalue weighted by atomic mass is 19.1. The van der Waals surface area contributed by atoms with Gasteiger partial charge < -0.3 is 0 Å². The Labute approximate surface area is 143 Å². The second kappa shape index (κ2) is 6.32. The van der Waals surface area contributed by atoms with E-state index in [9.17, 15) is 9.18 Å².